The monoisotopic (exact) mass is 345 g/mol. The molecule has 134 valence electrons. The van der Waals surface area contributed by atoms with E-state index in [2.05, 4.69) is 5.32 Å². The topological polar surface area (TPSA) is 99.0 Å². The fraction of sp³-hybridized carbons (Fsp3) is 0.316. The number of alkyl carbamates (subject to hydrolysis) is 1. The van der Waals surface area contributed by atoms with Crippen molar-refractivity contribution in [1.29, 1.82) is 0 Å². The smallest absolute Gasteiger partial charge is 0.407 e. The predicted octanol–water partition coefficient (Wildman–Crippen LogP) is 2.41. The third-order valence-corrected chi connectivity index (χ3v) is 3.87. The van der Waals surface area contributed by atoms with Crippen LogP contribution in [0.5, 0.6) is 5.75 Å². The van der Waals surface area contributed by atoms with Crippen LogP contribution in [-0.4, -0.2) is 34.1 Å². The maximum atomic E-state index is 11.6. The fourth-order valence-corrected chi connectivity index (χ4v) is 2.41. The van der Waals surface area contributed by atoms with Crippen molar-refractivity contribution >= 4 is 6.09 Å². The minimum Gasteiger partial charge on any atom is -0.508 e. The molecule has 0 aliphatic rings. The maximum absolute atomic E-state index is 11.6. The lowest BCUT2D eigenvalue weighted by molar-refractivity contribution is 0.0132. The van der Waals surface area contributed by atoms with Crippen molar-refractivity contribution in [3.63, 3.8) is 0 Å². The molecule has 2 aromatic rings. The molecule has 4 N–H and O–H groups in total. The number of phenols is 1. The van der Waals surface area contributed by atoms with Crippen LogP contribution in [0.3, 0.4) is 0 Å². The summed E-state index contributed by atoms with van der Waals surface area (Å²) < 4.78 is 5.06. The van der Waals surface area contributed by atoms with Gasteiger partial charge in [0.15, 0.2) is 0 Å². The van der Waals surface area contributed by atoms with Gasteiger partial charge in [-0.15, -0.1) is 0 Å². The largest absolute Gasteiger partial charge is 0.508 e. The van der Waals surface area contributed by atoms with E-state index < -0.39 is 18.3 Å². The van der Waals surface area contributed by atoms with E-state index in [1.54, 1.807) is 13.0 Å². The van der Waals surface area contributed by atoms with Gasteiger partial charge >= 0.3 is 6.09 Å². The number of hydrogen-bond acceptors (Lipinski definition) is 5. The van der Waals surface area contributed by atoms with Crippen LogP contribution >= 0.6 is 0 Å². The zero-order valence-corrected chi connectivity index (χ0v) is 14.1. The number of benzene rings is 2. The average Bonchev–Trinajstić information content (AvgIpc) is 2.62. The molecule has 0 radical (unpaired) electrons. The molecule has 6 heteroatoms. The van der Waals surface area contributed by atoms with Gasteiger partial charge in [-0.3, -0.25) is 0 Å². The number of phenolic OH excluding ortho intramolecular Hbond substituents is 1. The molecule has 0 aromatic heterocycles. The van der Waals surface area contributed by atoms with Crippen molar-refractivity contribution in [1.82, 2.24) is 5.32 Å². The van der Waals surface area contributed by atoms with E-state index >= 15 is 0 Å². The molecule has 2 rings (SSSR count). The molecule has 0 saturated heterocycles. The Kier molecular flexibility index (Phi) is 6.80. The molecule has 2 aromatic carbocycles. The van der Waals surface area contributed by atoms with Gasteiger partial charge in [0, 0.05) is 6.54 Å². The van der Waals surface area contributed by atoms with E-state index in [-0.39, 0.29) is 25.3 Å². The normalized spacial score (nSPS) is 13.1. The predicted molar refractivity (Wildman–Crippen MR) is 93.1 cm³/mol. The number of rotatable bonds is 7. The molecule has 1 amide bonds. The summed E-state index contributed by atoms with van der Waals surface area (Å²) in [7, 11) is 0. The lowest BCUT2D eigenvalue weighted by Gasteiger charge is -2.20. The number of aliphatic hydroxyl groups is 2. The minimum absolute atomic E-state index is 0.0227. The first-order valence-corrected chi connectivity index (χ1v) is 8.07. The summed E-state index contributed by atoms with van der Waals surface area (Å²) in [5.74, 6) is 0.0227. The maximum Gasteiger partial charge on any atom is 0.407 e. The lowest BCUT2D eigenvalue weighted by atomic mass is 9.97. The Bertz CT molecular complexity index is 689. The molecule has 25 heavy (non-hydrogen) atoms. The van der Waals surface area contributed by atoms with Gasteiger partial charge in [0.05, 0.1) is 6.10 Å². The second-order valence-electron chi connectivity index (χ2n) is 5.83. The second-order valence-corrected chi connectivity index (χ2v) is 5.83. The van der Waals surface area contributed by atoms with Crippen LogP contribution in [-0.2, 0) is 11.3 Å². The summed E-state index contributed by atoms with van der Waals surface area (Å²) in [6.45, 7) is 2.11. The summed E-state index contributed by atoms with van der Waals surface area (Å²) in [5, 5.41) is 32.3. The van der Waals surface area contributed by atoms with Crippen molar-refractivity contribution < 1.29 is 24.9 Å². The first-order valence-electron chi connectivity index (χ1n) is 8.07. The van der Waals surface area contributed by atoms with E-state index in [9.17, 15) is 20.1 Å². The molecule has 0 bridgehead atoms. The van der Waals surface area contributed by atoms with Crippen molar-refractivity contribution in [2.24, 2.45) is 0 Å². The Morgan fingerprint density at radius 1 is 1.16 bits per heavy atom. The molecule has 6 nitrogen and oxygen atoms in total. The Labute approximate surface area is 146 Å². The summed E-state index contributed by atoms with van der Waals surface area (Å²) in [6, 6.07) is 13.9. The van der Waals surface area contributed by atoms with Crippen molar-refractivity contribution in [3.05, 3.63) is 65.2 Å². The number of amides is 1. The van der Waals surface area contributed by atoms with Crippen LogP contribution < -0.4 is 5.32 Å². The summed E-state index contributed by atoms with van der Waals surface area (Å²) in [6.07, 6.45) is -2.65. The highest BCUT2D eigenvalue weighted by atomic mass is 16.5. The van der Waals surface area contributed by atoms with Crippen LogP contribution in [0.1, 0.15) is 29.2 Å². The zero-order valence-electron chi connectivity index (χ0n) is 14.1. The van der Waals surface area contributed by atoms with E-state index in [0.29, 0.717) is 5.56 Å². The Morgan fingerprint density at radius 2 is 1.88 bits per heavy atom. The van der Waals surface area contributed by atoms with Crippen molar-refractivity contribution in [3.8, 4) is 5.75 Å². The first kappa shape index (κ1) is 18.8. The molecule has 0 aliphatic carbocycles. The van der Waals surface area contributed by atoms with Crippen LogP contribution in [0.15, 0.2) is 48.5 Å². The highest BCUT2D eigenvalue weighted by molar-refractivity contribution is 5.67. The van der Waals surface area contributed by atoms with Gasteiger partial charge in [0.25, 0.3) is 0 Å². The number of carbonyl (C=O) groups excluding carboxylic acids is 1. The Hall–Kier alpha value is -2.57. The van der Waals surface area contributed by atoms with E-state index in [1.807, 2.05) is 30.3 Å². The number of aryl methyl sites for hydroxylation is 1. The molecular formula is C19H23NO5. The van der Waals surface area contributed by atoms with Gasteiger partial charge < -0.3 is 25.4 Å². The Balaban J connectivity index is 1.75. The number of aliphatic hydroxyl groups excluding tert-OH is 2. The third kappa shape index (κ3) is 5.77. The summed E-state index contributed by atoms with van der Waals surface area (Å²) in [4.78, 5) is 11.6. The van der Waals surface area contributed by atoms with Gasteiger partial charge in [-0.25, -0.2) is 4.79 Å². The molecular weight excluding hydrogens is 322 g/mol. The highest BCUT2D eigenvalue weighted by Crippen LogP contribution is 2.25. The van der Waals surface area contributed by atoms with Crippen LogP contribution in [0.2, 0.25) is 0 Å². The number of nitrogens with one attached hydrogen (secondary N) is 1. The standard InChI is InChI=1S/C19H23NO5/c1-13-7-8-15(21)11-16(13)18(23)17(22)9-10-20-19(24)25-12-14-5-3-2-4-6-14/h2-8,11,17-18,21-23H,9-10,12H2,1H3,(H,20,24). The van der Waals surface area contributed by atoms with E-state index in [0.717, 1.165) is 11.1 Å². The number of aromatic hydroxyl groups is 1. The van der Waals surface area contributed by atoms with Crippen molar-refractivity contribution in [2.45, 2.75) is 32.2 Å². The quantitative estimate of drug-likeness (QED) is 0.618. The van der Waals surface area contributed by atoms with Gasteiger partial charge in [-0.05, 0) is 42.2 Å². The van der Waals surface area contributed by atoms with Crippen LogP contribution in [0, 0.1) is 6.92 Å². The molecule has 0 aliphatic heterocycles. The SMILES string of the molecule is Cc1ccc(O)cc1C(O)C(O)CCNC(=O)OCc1ccccc1. The molecule has 0 fully saturated rings. The second kappa shape index (κ2) is 9.05. The minimum atomic E-state index is -1.14. The van der Waals surface area contributed by atoms with Crippen LogP contribution in [0.4, 0.5) is 4.79 Å². The van der Waals surface area contributed by atoms with Crippen LogP contribution in [0.25, 0.3) is 0 Å². The molecule has 2 atom stereocenters. The number of hydrogen-bond donors (Lipinski definition) is 4. The van der Waals surface area contributed by atoms with Gasteiger partial charge in [-0.2, -0.15) is 0 Å². The first-order chi connectivity index (χ1) is 12.0. The van der Waals surface area contributed by atoms with E-state index in [4.69, 9.17) is 4.74 Å². The molecule has 0 spiro atoms. The third-order valence-electron chi connectivity index (χ3n) is 3.87. The number of carbonyl (C=O) groups is 1. The molecule has 2 unspecified atom stereocenters. The summed E-state index contributed by atoms with van der Waals surface area (Å²) >= 11 is 0. The number of ether oxygens (including phenoxy) is 1. The van der Waals surface area contributed by atoms with Crippen molar-refractivity contribution in [2.75, 3.05) is 6.54 Å². The van der Waals surface area contributed by atoms with Gasteiger partial charge in [0.2, 0.25) is 0 Å². The molecule has 0 saturated carbocycles. The summed E-state index contributed by atoms with van der Waals surface area (Å²) in [5.41, 5.74) is 2.10. The van der Waals surface area contributed by atoms with Gasteiger partial charge in [0.1, 0.15) is 18.5 Å². The highest BCUT2D eigenvalue weighted by Gasteiger charge is 2.20. The van der Waals surface area contributed by atoms with E-state index in [1.165, 1.54) is 12.1 Å². The fourth-order valence-electron chi connectivity index (χ4n) is 2.41. The average molecular weight is 345 g/mol. The molecule has 0 heterocycles. The van der Waals surface area contributed by atoms with Gasteiger partial charge in [-0.1, -0.05) is 36.4 Å². The zero-order chi connectivity index (χ0) is 18.2. The lowest BCUT2D eigenvalue weighted by Crippen LogP contribution is -2.30. The Morgan fingerprint density at radius 3 is 2.60 bits per heavy atom.